The van der Waals surface area contributed by atoms with Crippen LogP contribution in [0.5, 0.6) is 0 Å². The molecular formula is C14H17N3O4. The molecule has 0 spiro atoms. The van der Waals surface area contributed by atoms with Gasteiger partial charge in [-0.15, -0.1) is 0 Å². The first kappa shape index (κ1) is 15.0. The summed E-state index contributed by atoms with van der Waals surface area (Å²) in [6.07, 6.45) is 4.32. The molecule has 112 valence electrons. The summed E-state index contributed by atoms with van der Waals surface area (Å²) in [7, 11) is 0. The number of pyridine rings is 1. The Morgan fingerprint density at radius 2 is 2.24 bits per heavy atom. The molecule has 2 heterocycles. The van der Waals surface area contributed by atoms with Crippen LogP contribution in [0.2, 0.25) is 0 Å². The van der Waals surface area contributed by atoms with Crippen molar-refractivity contribution in [1.82, 2.24) is 9.88 Å². The molecule has 0 radical (unpaired) electrons. The van der Waals surface area contributed by atoms with E-state index >= 15 is 0 Å². The van der Waals surface area contributed by atoms with Crippen LogP contribution >= 0.6 is 0 Å². The van der Waals surface area contributed by atoms with E-state index in [9.17, 15) is 14.4 Å². The maximum absolute atomic E-state index is 12.0. The van der Waals surface area contributed by atoms with Gasteiger partial charge in [0.15, 0.2) is 6.61 Å². The van der Waals surface area contributed by atoms with Crippen LogP contribution in [0.15, 0.2) is 24.5 Å². The van der Waals surface area contributed by atoms with Gasteiger partial charge in [0.05, 0.1) is 11.5 Å². The van der Waals surface area contributed by atoms with E-state index in [0.717, 1.165) is 6.42 Å². The van der Waals surface area contributed by atoms with Gasteiger partial charge in [-0.2, -0.15) is 0 Å². The molecule has 1 aliphatic heterocycles. The number of piperidine rings is 1. The minimum absolute atomic E-state index is 0.290. The third kappa shape index (κ3) is 4.01. The van der Waals surface area contributed by atoms with Crippen LogP contribution in [0.1, 0.15) is 23.2 Å². The Balaban J connectivity index is 1.84. The molecule has 7 nitrogen and oxygen atoms in total. The van der Waals surface area contributed by atoms with Crippen molar-refractivity contribution in [3.8, 4) is 0 Å². The quantitative estimate of drug-likeness (QED) is 0.784. The number of amides is 2. The molecule has 2 amide bonds. The average molecular weight is 291 g/mol. The fourth-order valence-electron chi connectivity index (χ4n) is 2.22. The Kier molecular flexibility index (Phi) is 4.86. The minimum atomic E-state index is -0.597. The zero-order valence-electron chi connectivity index (χ0n) is 11.5. The first-order valence-electron chi connectivity index (χ1n) is 6.72. The van der Waals surface area contributed by atoms with E-state index in [1.165, 1.54) is 11.1 Å². The molecule has 0 unspecified atom stereocenters. The van der Waals surface area contributed by atoms with E-state index in [1.54, 1.807) is 18.3 Å². The summed E-state index contributed by atoms with van der Waals surface area (Å²) in [5, 5.41) is 0. The Hall–Kier alpha value is -2.44. The van der Waals surface area contributed by atoms with Gasteiger partial charge in [-0.05, 0) is 25.0 Å². The van der Waals surface area contributed by atoms with Gasteiger partial charge in [-0.1, -0.05) is 0 Å². The van der Waals surface area contributed by atoms with Crippen molar-refractivity contribution in [1.29, 1.82) is 0 Å². The van der Waals surface area contributed by atoms with Crippen molar-refractivity contribution in [3.05, 3.63) is 30.1 Å². The predicted molar refractivity (Wildman–Crippen MR) is 73.0 cm³/mol. The SMILES string of the molecule is NC(=O)[C@H]1CCCN(C(=O)COC(=O)c2cccnc2)C1. The summed E-state index contributed by atoms with van der Waals surface area (Å²) in [5.41, 5.74) is 5.55. The maximum Gasteiger partial charge on any atom is 0.340 e. The number of esters is 1. The summed E-state index contributed by atoms with van der Waals surface area (Å²) in [5.74, 6) is -1.64. The van der Waals surface area contributed by atoms with Crippen LogP contribution in [0, 0.1) is 5.92 Å². The van der Waals surface area contributed by atoms with Gasteiger partial charge in [0.1, 0.15) is 0 Å². The minimum Gasteiger partial charge on any atom is -0.452 e. The Labute approximate surface area is 122 Å². The molecule has 7 heteroatoms. The molecule has 1 aromatic heterocycles. The highest BCUT2D eigenvalue weighted by Crippen LogP contribution is 2.16. The lowest BCUT2D eigenvalue weighted by molar-refractivity contribution is -0.137. The molecule has 21 heavy (non-hydrogen) atoms. The van der Waals surface area contributed by atoms with Crippen molar-refractivity contribution in [2.75, 3.05) is 19.7 Å². The molecule has 2 N–H and O–H groups in total. The monoisotopic (exact) mass is 291 g/mol. The summed E-state index contributed by atoms with van der Waals surface area (Å²) in [4.78, 5) is 40.2. The average Bonchev–Trinajstić information content (AvgIpc) is 2.53. The molecule has 1 aromatic rings. The highest BCUT2D eigenvalue weighted by Gasteiger charge is 2.27. The first-order valence-corrected chi connectivity index (χ1v) is 6.72. The highest BCUT2D eigenvalue weighted by molar-refractivity contribution is 5.91. The Bertz CT molecular complexity index is 532. The second-order valence-corrected chi connectivity index (χ2v) is 4.90. The topological polar surface area (TPSA) is 103 Å². The normalized spacial score (nSPS) is 18.1. The van der Waals surface area contributed by atoms with Gasteiger partial charge >= 0.3 is 5.97 Å². The van der Waals surface area contributed by atoms with Crippen LogP contribution in [0.4, 0.5) is 0 Å². The molecule has 0 saturated carbocycles. The molecule has 1 aliphatic rings. The number of likely N-dealkylation sites (tertiary alicyclic amines) is 1. The van der Waals surface area contributed by atoms with E-state index in [4.69, 9.17) is 10.5 Å². The van der Waals surface area contributed by atoms with Crippen molar-refractivity contribution in [3.63, 3.8) is 0 Å². The van der Waals surface area contributed by atoms with E-state index < -0.39 is 11.9 Å². The van der Waals surface area contributed by atoms with Gasteiger partial charge in [0.25, 0.3) is 5.91 Å². The third-order valence-electron chi connectivity index (χ3n) is 3.40. The number of primary amides is 1. The third-order valence-corrected chi connectivity index (χ3v) is 3.40. The van der Waals surface area contributed by atoms with E-state index in [1.807, 2.05) is 0 Å². The maximum atomic E-state index is 12.0. The van der Waals surface area contributed by atoms with Crippen LogP contribution in [-0.4, -0.2) is 47.4 Å². The van der Waals surface area contributed by atoms with Crippen molar-refractivity contribution in [2.24, 2.45) is 11.7 Å². The van der Waals surface area contributed by atoms with Crippen LogP contribution < -0.4 is 5.73 Å². The van der Waals surface area contributed by atoms with Gasteiger partial charge in [0.2, 0.25) is 5.91 Å². The largest absolute Gasteiger partial charge is 0.452 e. The van der Waals surface area contributed by atoms with Gasteiger partial charge in [-0.3, -0.25) is 14.6 Å². The number of nitrogens with two attached hydrogens (primary N) is 1. The molecule has 0 aliphatic carbocycles. The molecule has 0 aromatic carbocycles. The molecule has 2 rings (SSSR count). The van der Waals surface area contributed by atoms with Crippen molar-refractivity contribution >= 4 is 17.8 Å². The number of nitrogens with zero attached hydrogens (tertiary/aromatic N) is 2. The lowest BCUT2D eigenvalue weighted by Crippen LogP contribution is -2.45. The number of ether oxygens (including phenoxy) is 1. The van der Waals surface area contributed by atoms with Crippen LogP contribution in [0.3, 0.4) is 0 Å². The number of carbonyl (C=O) groups excluding carboxylic acids is 3. The number of rotatable bonds is 4. The fraction of sp³-hybridized carbons (Fsp3) is 0.429. The summed E-state index contributed by atoms with van der Waals surface area (Å²) < 4.78 is 4.95. The van der Waals surface area contributed by atoms with Crippen molar-refractivity contribution in [2.45, 2.75) is 12.8 Å². The lowest BCUT2D eigenvalue weighted by atomic mass is 9.97. The standard InChI is InChI=1S/C14H17N3O4/c15-13(19)11-4-2-6-17(8-11)12(18)9-21-14(20)10-3-1-5-16-7-10/h1,3,5,7,11H,2,4,6,8-9H2,(H2,15,19)/t11-/m0/s1. The summed E-state index contributed by atoms with van der Waals surface area (Å²) in [6.45, 7) is 0.491. The van der Waals surface area contributed by atoms with Gasteiger partial charge < -0.3 is 15.4 Å². The van der Waals surface area contributed by atoms with Crippen LogP contribution in [-0.2, 0) is 14.3 Å². The van der Waals surface area contributed by atoms with E-state index in [2.05, 4.69) is 4.98 Å². The first-order chi connectivity index (χ1) is 10.1. The summed E-state index contributed by atoms with van der Waals surface area (Å²) >= 11 is 0. The van der Waals surface area contributed by atoms with Crippen molar-refractivity contribution < 1.29 is 19.1 Å². The Morgan fingerprint density at radius 1 is 1.43 bits per heavy atom. The fourth-order valence-corrected chi connectivity index (χ4v) is 2.22. The molecule has 1 fully saturated rings. The number of aromatic nitrogens is 1. The zero-order chi connectivity index (χ0) is 15.2. The zero-order valence-corrected chi connectivity index (χ0v) is 11.5. The second-order valence-electron chi connectivity index (χ2n) is 4.90. The van der Waals surface area contributed by atoms with Gasteiger partial charge in [0, 0.05) is 25.5 Å². The highest BCUT2D eigenvalue weighted by atomic mass is 16.5. The molecule has 1 saturated heterocycles. The smallest absolute Gasteiger partial charge is 0.340 e. The lowest BCUT2D eigenvalue weighted by Gasteiger charge is -2.31. The molecular weight excluding hydrogens is 274 g/mol. The summed E-state index contributed by atoms with van der Waals surface area (Å²) in [6, 6.07) is 3.17. The van der Waals surface area contributed by atoms with Gasteiger partial charge in [-0.25, -0.2) is 4.79 Å². The predicted octanol–water partition coefficient (Wildman–Crippen LogP) is -0.0377. The number of carbonyl (C=O) groups is 3. The molecule has 0 bridgehead atoms. The van der Waals surface area contributed by atoms with E-state index in [-0.39, 0.29) is 18.4 Å². The second kappa shape index (κ2) is 6.83. The molecule has 1 atom stereocenters. The number of hydrogen-bond donors (Lipinski definition) is 1. The Morgan fingerprint density at radius 3 is 2.90 bits per heavy atom. The number of hydrogen-bond acceptors (Lipinski definition) is 5. The van der Waals surface area contributed by atoms with Crippen LogP contribution in [0.25, 0.3) is 0 Å². The van der Waals surface area contributed by atoms with E-state index in [0.29, 0.717) is 25.1 Å².